The van der Waals surface area contributed by atoms with Gasteiger partial charge in [-0.25, -0.2) is 13.2 Å². The quantitative estimate of drug-likeness (QED) is 0.614. The maximum Gasteiger partial charge on any atom is 0.406 e. The van der Waals surface area contributed by atoms with Crippen molar-refractivity contribution in [1.82, 2.24) is 14.8 Å². The van der Waals surface area contributed by atoms with Crippen molar-refractivity contribution in [2.45, 2.75) is 31.2 Å². The third-order valence-electron chi connectivity index (χ3n) is 6.03. The largest absolute Gasteiger partial charge is 0.491 e. The van der Waals surface area contributed by atoms with Gasteiger partial charge in [-0.2, -0.15) is 13.2 Å². The van der Waals surface area contributed by atoms with Gasteiger partial charge in [-0.1, -0.05) is 0 Å². The minimum Gasteiger partial charge on any atom is -0.491 e. The molecule has 2 amide bonds. The summed E-state index contributed by atoms with van der Waals surface area (Å²) < 4.78 is 92.2. The Morgan fingerprint density at radius 2 is 1.83 bits per heavy atom. The Bertz CT molecular complexity index is 1260. The first-order valence-corrected chi connectivity index (χ1v) is 10.6. The molecule has 0 bridgehead atoms. The molecular weight excluding hydrogens is 500 g/mol. The number of methoxy groups -OCH3 is 1. The number of halogens is 6. The summed E-state index contributed by atoms with van der Waals surface area (Å²) in [6.45, 7) is -2.37. The van der Waals surface area contributed by atoms with E-state index in [-0.39, 0.29) is 19.6 Å². The van der Waals surface area contributed by atoms with Crippen LogP contribution in [0.2, 0.25) is 0 Å². The van der Waals surface area contributed by atoms with E-state index in [2.05, 4.69) is 5.32 Å². The van der Waals surface area contributed by atoms with Crippen LogP contribution >= 0.6 is 0 Å². The number of hydrogen-bond acceptors (Lipinski definition) is 5. The SMILES string of the molecule is COc1c2n(cc(C(=O)NCc3c(F)cc(F)cc3F)c1=O)[C@@H]1CCOC[C@@H]1N(CC(F)(F)F)C2=O. The molecule has 14 heteroatoms. The molecule has 0 radical (unpaired) electrons. The molecule has 1 aromatic heterocycles. The van der Waals surface area contributed by atoms with Crippen LogP contribution in [0.5, 0.6) is 5.75 Å². The first-order valence-electron chi connectivity index (χ1n) is 10.6. The first-order chi connectivity index (χ1) is 16.9. The van der Waals surface area contributed by atoms with E-state index in [0.29, 0.717) is 17.0 Å². The third-order valence-corrected chi connectivity index (χ3v) is 6.03. The Morgan fingerprint density at radius 1 is 1.17 bits per heavy atom. The van der Waals surface area contributed by atoms with Crippen LogP contribution in [0.4, 0.5) is 26.3 Å². The van der Waals surface area contributed by atoms with E-state index in [0.717, 1.165) is 13.3 Å². The second kappa shape index (κ2) is 9.48. The van der Waals surface area contributed by atoms with E-state index in [1.807, 2.05) is 0 Å². The lowest BCUT2D eigenvalue weighted by Gasteiger charge is -2.45. The van der Waals surface area contributed by atoms with Gasteiger partial charge in [-0.3, -0.25) is 14.4 Å². The molecule has 1 N–H and O–H groups in total. The Kier molecular flexibility index (Phi) is 6.73. The molecule has 2 atom stereocenters. The summed E-state index contributed by atoms with van der Waals surface area (Å²) >= 11 is 0. The zero-order valence-electron chi connectivity index (χ0n) is 18.6. The predicted octanol–water partition coefficient (Wildman–Crippen LogP) is 2.55. The van der Waals surface area contributed by atoms with Crippen LogP contribution in [0.3, 0.4) is 0 Å². The standard InChI is InChI=1S/C22H19F6N3O5/c1-35-19-17-21(34)31(9-22(26,27)28)16-8-36-3-2-15(16)30(17)7-12(18(19)32)20(33)29-6-11-13(24)4-10(23)5-14(11)25/h4-5,7,15-16H,2-3,6,8-9H2,1H3,(H,29,33)/t15-,16+/m1/s1. The van der Waals surface area contributed by atoms with Crippen LogP contribution in [0.25, 0.3) is 0 Å². The lowest BCUT2D eigenvalue weighted by atomic mass is 9.95. The number of alkyl halides is 3. The molecule has 1 fully saturated rings. The highest BCUT2D eigenvalue weighted by molar-refractivity contribution is 5.99. The fraction of sp³-hybridized carbons (Fsp3) is 0.409. The van der Waals surface area contributed by atoms with Gasteiger partial charge in [-0.15, -0.1) is 0 Å². The molecule has 0 aliphatic carbocycles. The monoisotopic (exact) mass is 519 g/mol. The van der Waals surface area contributed by atoms with Gasteiger partial charge in [0.2, 0.25) is 5.43 Å². The minimum absolute atomic E-state index is 0.147. The van der Waals surface area contributed by atoms with Gasteiger partial charge >= 0.3 is 6.18 Å². The average molecular weight is 519 g/mol. The smallest absolute Gasteiger partial charge is 0.406 e. The zero-order valence-corrected chi connectivity index (χ0v) is 18.6. The highest BCUT2D eigenvalue weighted by Crippen LogP contribution is 2.37. The summed E-state index contributed by atoms with van der Waals surface area (Å²) in [7, 11) is 1.01. The number of hydrogen-bond donors (Lipinski definition) is 1. The van der Waals surface area contributed by atoms with Crippen molar-refractivity contribution in [2.75, 3.05) is 26.9 Å². The first kappa shape index (κ1) is 25.5. The van der Waals surface area contributed by atoms with Crippen molar-refractivity contribution in [1.29, 1.82) is 0 Å². The fourth-order valence-corrected chi connectivity index (χ4v) is 4.44. The molecule has 4 rings (SSSR count). The van der Waals surface area contributed by atoms with E-state index < -0.39 is 88.6 Å². The fourth-order valence-electron chi connectivity index (χ4n) is 4.44. The molecule has 8 nitrogen and oxygen atoms in total. The number of amides is 2. The van der Waals surface area contributed by atoms with Crippen molar-refractivity contribution >= 4 is 11.8 Å². The summed E-state index contributed by atoms with van der Waals surface area (Å²) in [4.78, 5) is 39.5. The van der Waals surface area contributed by atoms with Crippen LogP contribution in [-0.2, 0) is 11.3 Å². The van der Waals surface area contributed by atoms with Gasteiger partial charge in [0.25, 0.3) is 11.8 Å². The maximum absolute atomic E-state index is 13.9. The summed E-state index contributed by atoms with van der Waals surface area (Å²) in [5.74, 6) is -6.54. The van der Waals surface area contributed by atoms with Crippen LogP contribution in [-0.4, -0.2) is 60.4 Å². The number of nitrogens with zero attached hydrogens (tertiary/aromatic N) is 2. The lowest BCUT2D eigenvalue weighted by Crippen LogP contribution is -2.58. The summed E-state index contributed by atoms with van der Waals surface area (Å²) in [6, 6.07) is -0.969. The topological polar surface area (TPSA) is 89.9 Å². The highest BCUT2D eigenvalue weighted by atomic mass is 19.4. The Labute approximate surface area is 199 Å². The predicted molar refractivity (Wildman–Crippen MR) is 110 cm³/mol. The number of ether oxygens (including phenoxy) is 2. The maximum atomic E-state index is 13.9. The third kappa shape index (κ3) is 4.64. The molecule has 2 aliphatic heterocycles. The van der Waals surface area contributed by atoms with Crippen LogP contribution < -0.4 is 15.5 Å². The van der Waals surface area contributed by atoms with E-state index >= 15 is 0 Å². The molecule has 0 unspecified atom stereocenters. The zero-order chi connectivity index (χ0) is 26.4. The molecule has 1 saturated heterocycles. The summed E-state index contributed by atoms with van der Waals surface area (Å²) in [5, 5.41) is 2.16. The van der Waals surface area contributed by atoms with Crippen molar-refractivity contribution in [2.24, 2.45) is 0 Å². The molecular formula is C22H19F6N3O5. The number of fused-ring (bicyclic) bond motifs is 3. The van der Waals surface area contributed by atoms with Crippen molar-refractivity contribution in [3.63, 3.8) is 0 Å². The van der Waals surface area contributed by atoms with Gasteiger partial charge in [0.1, 0.15) is 29.6 Å². The Morgan fingerprint density at radius 3 is 2.44 bits per heavy atom. The molecule has 0 spiro atoms. The lowest BCUT2D eigenvalue weighted by molar-refractivity contribution is -0.153. The van der Waals surface area contributed by atoms with Gasteiger partial charge in [-0.05, 0) is 6.42 Å². The van der Waals surface area contributed by atoms with E-state index in [1.165, 1.54) is 4.57 Å². The minimum atomic E-state index is -4.72. The van der Waals surface area contributed by atoms with Crippen LogP contribution in [0.1, 0.15) is 38.9 Å². The number of nitrogens with one attached hydrogen (secondary N) is 1. The van der Waals surface area contributed by atoms with Gasteiger partial charge in [0.15, 0.2) is 11.4 Å². The summed E-state index contributed by atoms with van der Waals surface area (Å²) in [6.07, 6.45) is -3.55. The van der Waals surface area contributed by atoms with Gasteiger partial charge < -0.3 is 24.3 Å². The molecule has 36 heavy (non-hydrogen) atoms. The number of rotatable bonds is 5. The Balaban J connectivity index is 1.74. The van der Waals surface area contributed by atoms with Crippen LogP contribution in [0, 0.1) is 17.5 Å². The van der Waals surface area contributed by atoms with Gasteiger partial charge in [0, 0.05) is 37.0 Å². The van der Waals surface area contributed by atoms with Crippen molar-refractivity contribution in [3.8, 4) is 5.75 Å². The van der Waals surface area contributed by atoms with Gasteiger partial charge in [0.05, 0.1) is 25.8 Å². The normalized spacial score (nSPS) is 19.5. The number of carbonyl (C=O) groups excluding carboxylic acids is 2. The molecule has 194 valence electrons. The second-order valence-corrected chi connectivity index (χ2v) is 8.24. The van der Waals surface area contributed by atoms with E-state index in [4.69, 9.17) is 9.47 Å². The molecule has 2 aliphatic rings. The molecule has 3 heterocycles. The molecule has 0 saturated carbocycles. The number of benzene rings is 1. The average Bonchev–Trinajstić information content (AvgIpc) is 2.79. The molecule has 1 aromatic carbocycles. The van der Waals surface area contributed by atoms with Crippen LogP contribution in [0.15, 0.2) is 23.1 Å². The summed E-state index contributed by atoms with van der Waals surface area (Å²) in [5.41, 5.74) is -2.78. The highest BCUT2D eigenvalue weighted by Gasteiger charge is 2.47. The van der Waals surface area contributed by atoms with Crippen molar-refractivity contribution in [3.05, 3.63) is 62.8 Å². The number of aromatic nitrogens is 1. The molecule has 2 aromatic rings. The van der Waals surface area contributed by atoms with Crippen molar-refractivity contribution < 1.29 is 45.4 Å². The number of carbonyl (C=O) groups is 2. The number of pyridine rings is 1. The van der Waals surface area contributed by atoms with E-state index in [9.17, 15) is 40.7 Å². The second-order valence-electron chi connectivity index (χ2n) is 8.24. The van der Waals surface area contributed by atoms with E-state index in [1.54, 1.807) is 0 Å². The Hall–Kier alpha value is -3.55.